The number of halogens is 2. The van der Waals surface area contributed by atoms with Gasteiger partial charge in [0, 0.05) is 0 Å². The Labute approximate surface area is 108 Å². The zero-order valence-corrected chi connectivity index (χ0v) is 11.6. The van der Waals surface area contributed by atoms with Crippen LogP contribution in [0.1, 0.15) is 5.56 Å². The maximum absolute atomic E-state index is 3.81. The average Bonchev–Trinajstić information content (AvgIpc) is 2.18. The molecule has 0 unspecified atom stereocenters. The summed E-state index contributed by atoms with van der Waals surface area (Å²) in [6.07, 6.45) is 1.13. The molecular formula is C8H9B3I2. The van der Waals surface area contributed by atoms with Crippen LogP contribution in [0.25, 0.3) is 0 Å². The van der Waals surface area contributed by atoms with E-state index in [1.54, 1.807) is 0 Å². The molecule has 1 aromatic carbocycles. The molecule has 0 N–H and O–H groups in total. The van der Waals surface area contributed by atoms with E-state index in [2.05, 4.69) is 81.5 Å². The number of hydrogen-bond acceptors (Lipinski definition) is 0. The minimum absolute atomic E-state index is 0.554. The van der Waals surface area contributed by atoms with Crippen molar-refractivity contribution in [3.8, 4) is 0 Å². The van der Waals surface area contributed by atoms with Crippen molar-refractivity contribution in [2.75, 3.05) is 0 Å². The van der Waals surface area contributed by atoms with Gasteiger partial charge < -0.3 is 0 Å². The second kappa shape index (κ2) is 6.27. The molecule has 0 saturated heterocycles. The monoisotopic (exact) mass is 392 g/mol. The van der Waals surface area contributed by atoms with Gasteiger partial charge in [-0.05, 0) is 0 Å². The van der Waals surface area contributed by atoms with Gasteiger partial charge in [-0.1, -0.05) is 0 Å². The zero-order valence-electron chi connectivity index (χ0n) is 7.29. The topological polar surface area (TPSA) is 0 Å². The van der Waals surface area contributed by atoms with Crippen LogP contribution in [-0.2, 0) is 6.32 Å². The predicted molar refractivity (Wildman–Crippen MR) is 82.6 cm³/mol. The average molecular weight is 391 g/mol. The number of hydrogen-bond donors (Lipinski definition) is 0. The molecule has 1 aromatic rings. The van der Waals surface area contributed by atoms with Crippen LogP contribution in [-0.4, -0.2) is 22.1 Å². The number of benzene rings is 1. The van der Waals surface area contributed by atoms with Crippen molar-refractivity contribution >= 4 is 66.8 Å². The third-order valence-electron chi connectivity index (χ3n) is 1.84. The molecule has 0 atom stereocenters. The Bertz CT molecular complexity index is 265. The van der Waals surface area contributed by atoms with E-state index in [9.17, 15) is 0 Å². The third kappa shape index (κ3) is 4.19. The van der Waals surface area contributed by atoms with Gasteiger partial charge in [0.15, 0.2) is 0 Å². The van der Waals surface area contributed by atoms with E-state index >= 15 is 0 Å². The first-order valence-corrected chi connectivity index (χ1v) is 6.68. The fourth-order valence-electron chi connectivity index (χ4n) is 1.10. The molecule has 0 radical (unpaired) electrons. The Hall–Kier alpha value is 0.745. The van der Waals surface area contributed by atoms with Crippen LogP contribution in [0.5, 0.6) is 0 Å². The summed E-state index contributed by atoms with van der Waals surface area (Å²) < 4.78 is 1.19. The molecule has 0 nitrogen and oxygen atoms in total. The van der Waals surface area contributed by atoms with Gasteiger partial charge in [0.1, 0.15) is 0 Å². The van der Waals surface area contributed by atoms with E-state index in [-0.39, 0.29) is 0 Å². The van der Waals surface area contributed by atoms with Gasteiger partial charge in [0.25, 0.3) is 0 Å². The van der Waals surface area contributed by atoms with Crippen molar-refractivity contribution in [1.29, 1.82) is 0 Å². The third-order valence-corrected chi connectivity index (χ3v) is 5.81. The van der Waals surface area contributed by atoms with E-state index in [1.807, 2.05) is 6.81 Å². The molecule has 0 spiro atoms. The molecular weight excluding hydrogens is 382 g/mol. The van der Waals surface area contributed by atoms with Crippen LogP contribution in [0.3, 0.4) is 0 Å². The van der Waals surface area contributed by atoms with Crippen molar-refractivity contribution in [3.05, 3.63) is 35.9 Å². The predicted octanol–water partition coefficient (Wildman–Crippen LogP) is 2.33. The van der Waals surface area contributed by atoms with Gasteiger partial charge in [-0.3, -0.25) is 0 Å². The van der Waals surface area contributed by atoms with E-state index < -0.39 is 0 Å². The Morgan fingerprint density at radius 3 is 2.38 bits per heavy atom. The Morgan fingerprint density at radius 1 is 1.23 bits per heavy atom. The van der Waals surface area contributed by atoms with Crippen molar-refractivity contribution in [3.63, 3.8) is 0 Å². The van der Waals surface area contributed by atoms with Gasteiger partial charge in [-0.15, -0.1) is 0 Å². The Morgan fingerprint density at radius 2 is 1.85 bits per heavy atom. The van der Waals surface area contributed by atoms with Crippen LogP contribution in [0.15, 0.2) is 30.3 Å². The first-order chi connectivity index (χ1) is 6.24. The van der Waals surface area contributed by atoms with E-state index in [4.69, 9.17) is 0 Å². The first kappa shape index (κ1) is 11.8. The van der Waals surface area contributed by atoms with Crippen LogP contribution >= 0.6 is 44.7 Å². The molecule has 0 aromatic heterocycles. The molecule has 0 aliphatic heterocycles. The molecule has 5 heteroatoms. The Kier molecular flexibility index (Phi) is 5.70. The molecule has 0 saturated carbocycles. The van der Waals surface area contributed by atoms with Crippen molar-refractivity contribution in [2.24, 2.45) is 0 Å². The van der Waals surface area contributed by atoms with E-state index in [0.717, 1.165) is 6.32 Å². The Balaban J connectivity index is 2.54. The maximum atomic E-state index is 3.81. The molecule has 0 bridgehead atoms. The summed E-state index contributed by atoms with van der Waals surface area (Å²) in [7, 11) is 0. The second-order valence-electron chi connectivity index (χ2n) is 2.89. The van der Waals surface area contributed by atoms with Crippen molar-refractivity contribution in [2.45, 2.75) is 6.32 Å². The van der Waals surface area contributed by atoms with E-state index in [1.165, 1.54) is 5.56 Å². The quantitative estimate of drug-likeness (QED) is 0.546. The van der Waals surface area contributed by atoms with E-state index in [0.29, 0.717) is 8.81 Å². The standard InChI is InChI=1S/C8H9B3I2/c1-9-11(13)10(12)7-8-5-3-2-4-6-8/h2-6H,1,7H2. The fourth-order valence-corrected chi connectivity index (χ4v) is 2.16. The van der Waals surface area contributed by atoms with Gasteiger partial charge in [-0.2, -0.15) is 0 Å². The molecule has 64 valence electrons. The summed E-state index contributed by atoms with van der Waals surface area (Å²) in [6.45, 7) is 5.83. The summed E-state index contributed by atoms with van der Waals surface area (Å²) in [6, 6.07) is 10.6. The molecule has 1 rings (SSSR count). The van der Waals surface area contributed by atoms with Gasteiger partial charge in [-0.25, -0.2) is 0 Å². The van der Waals surface area contributed by atoms with Gasteiger partial charge in [0.2, 0.25) is 0 Å². The molecule has 0 aliphatic carbocycles. The van der Waals surface area contributed by atoms with Gasteiger partial charge in [0.05, 0.1) is 0 Å². The first-order valence-electron chi connectivity index (χ1n) is 4.18. The van der Waals surface area contributed by atoms with Gasteiger partial charge >= 0.3 is 109 Å². The SMILES string of the molecule is C=BB(I)B(I)Cc1ccccc1. The summed E-state index contributed by atoms with van der Waals surface area (Å²) in [5.74, 6) is 0. The van der Waals surface area contributed by atoms with Crippen molar-refractivity contribution < 1.29 is 0 Å². The fraction of sp³-hybridized carbons (Fsp3) is 0.125. The van der Waals surface area contributed by atoms with Crippen LogP contribution in [0.2, 0.25) is 0 Å². The van der Waals surface area contributed by atoms with Crippen molar-refractivity contribution in [1.82, 2.24) is 0 Å². The summed E-state index contributed by atoms with van der Waals surface area (Å²) in [5.41, 5.74) is 1.41. The second-order valence-corrected chi connectivity index (χ2v) is 5.92. The molecule has 0 fully saturated rings. The number of rotatable bonds is 4. The summed E-state index contributed by atoms with van der Waals surface area (Å²) >= 11 is 4.93. The molecule has 0 aliphatic rings. The van der Waals surface area contributed by atoms with Crippen LogP contribution < -0.4 is 0 Å². The molecule has 0 heterocycles. The minimum atomic E-state index is 0.554. The molecule has 13 heavy (non-hydrogen) atoms. The molecule has 0 amide bonds. The normalized spacial score (nSPS) is 9.08. The summed E-state index contributed by atoms with van der Waals surface area (Å²) in [5, 5.41) is 0. The van der Waals surface area contributed by atoms with Crippen LogP contribution in [0, 0.1) is 0 Å². The zero-order chi connectivity index (χ0) is 9.68. The van der Waals surface area contributed by atoms with Crippen LogP contribution in [0.4, 0.5) is 0 Å². The summed E-state index contributed by atoms with van der Waals surface area (Å²) in [4.78, 5) is 0.